The summed E-state index contributed by atoms with van der Waals surface area (Å²) in [5.74, 6) is -1.83. The molecule has 0 bridgehead atoms. The molecule has 1 N–H and O–H groups in total. The second kappa shape index (κ2) is 5.58. The van der Waals surface area contributed by atoms with Crippen molar-refractivity contribution < 1.29 is 22.4 Å². The van der Waals surface area contributed by atoms with Gasteiger partial charge in [0.05, 0.1) is 28.4 Å². The first-order valence-corrected chi connectivity index (χ1v) is 7.09. The highest BCUT2D eigenvalue weighted by Crippen LogP contribution is 2.37. The Labute approximate surface area is 130 Å². The third-order valence-electron chi connectivity index (χ3n) is 3.03. The molecule has 0 radical (unpaired) electrons. The average Bonchev–Trinajstić information content (AvgIpc) is 2.97. The number of rotatable bonds is 2. The lowest BCUT2D eigenvalue weighted by Gasteiger charge is -2.14. The van der Waals surface area contributed by atoms with Crippen LogP contribution in [-0.4, -0.2) is 15.9 Å². The minimum atomic E-state index is -4.84. The van der Waals surface area contributed by atoms with E-state index in [-0.39, 0.29) is 5.52 Å². The van der Waals surface area contributed by atoms with E-state index in [1.807, 2.05) is 0 Å². The summed E-state index contributed by atoms with van der Waals surface area (Å²) in [6.45, 7) is 0. The zero-order valence-electron chi connectivity index (χ0n) is 11.2. The summed E-state index contributed by atoms with van der Waals surface area (Å²) in [7, 11) is 0. The minimum absolute atomic E-state index is 0.0481. The maximum absolute atomic E-state index is 13.4. The van der Waals surface area contributed by atoms with Crippen molar-refractivity contribution in [1.29, 1.82) is 0 Å². The number of aromatic nitrogens is 2. The van der Waals surface area contributed by atoms with Crippen molar-refractivity contribution in [3.63, 3.8) is 0 Å². The normalized spacial score (nSPS) is 11.7. The van der Waals surface area contributed by atoms with Crippen LogP contribution in [0.15, 0.2) is 36.1 Å². The fourth-order valence-electron chi connectivity index (χ4n) is 2.10. The standard InChI is InChI=1S/C14H7F4N3OS/c15-7-1-2-10-8(3-7)12(14(16,17)18)9(4-20-10)13(22)21-11-5-19-6-23-11/h1-6H,(H,21,22). The predicted molar refractivity (Wildman–Crippen MR) is 76.8 cm³/mol. The Balaban J connectivity index is 2.18. The average molecular weight is 341 g/mol. The van der Waals surface area contributed by atoms with Crippen LogP contribution >= 0.6 is 11.3 Å². The summed E-state index contributed by atoms with van der Waals surface area (Å²) in [5.41, 5.74) is -0.519. The van der Waals surface area contributed by atoms with E-state index in [1.165, 1.54) is 11.7 Å². The molecule has 0 aliphatic heterocycles. The van der Waals surface area contributed by atoms with Crippen molar-refractivity contribution >= 4 is 33.1 Å². The molecule has 3 rings (SSSR count). The Morgan fingerprint density at radius 3 is 2.65 bits per heavy atom. The van der Waals surface area contributed by atoms with Crippen LogP contribution in [0.25, 0.3) is 10.9 Å². The lowest BCUT2D eigenvalue weighted by Crippen LogP contribution is -2.19. The number of carbonyl (C=O) groups is 1. The van der Waals surface area contributed by atoms with Crippen LogP contribution < -0.4 is 5.32 Å². The summed E-state index contributed by atoms with van der Waals surface area (Å²) in [5, 5.41) is 2.14. The van der Waals surface area contributed by atoms with Gasteiger partial charge >= 0.3 is 6.18 Å². The Kier molecular flexibility index (Phi) is 3.72. The molecule has 3 aromatic rings. The number of carbonyl (C=O) groups excluding carboxylic acids is 1. The van der Waals surface area contributed by atoms with Crippen molar-refractivity contribution in [1.82, 2.24) is 9.97 Å². The largest absolute Gasteiger partial charge is 0.417 e. The third-order valence-corrected chi connectivity index (χ3v) is 3.72. The number of benzene rings is 1. The van der Waals surface area contributed by atoms with Gasteiger partial charge in [-0.05, 0) is 18.2 Å². The van der Waals surface area contributed by atoms with Gasteiger partial charge in [0.25, 0.3) is 5.91 Å². The number of alkyl halides is 3. The smallest absolute Gasteiger partial charge is 0.312 e. The second-order valence-corrected chi connectivity index (χ2v) is 5.41. The zero-order chi connectivity index (χ0) is 16.6. The van der Waals surface area contributed by atoms with Crippen molar-refractivity contribution in [3.8, 4) is 0 Å². The van der Waals surface area contributed by atoms with E-state index < -0.39 is 34.4 Å². The number of hydrogen-bond acceptors (Lipinski definition) is 4. The number of thiazole rings is 1. The van der Waals surface area contributed by atoms with E-state index in [4.69, 9.17) is 0 Å². The molecule has 0 fully saturated rings. The Bertz CT molecular complexity index is 878. The van der Waals surface area contributed by atoms with E-state index >= 15 is 0 Å². The molecule has 2 aromatic heterocycles. The number of pyridine rings is 1. The highest BCUT2D eigenvalue weighted by Gasteiger charge is 2.38. The van der Waals surface area contributed by atoms with Gasteiger partial charge < -0.3 is 5.32 Å². The maximum Gasteiger partial charge on any atom is 0.417 e. The van der Waals surface area contributed by atoms with Gasteiger partial charge in [-0.15, -0.1) is 11.3 Å². The highest BCUT2D eigenvalue weighted by atomic mass is 32.1. The quantitative estimate of drug-likeness (QED) is 0.714. The molecular weight excluding hydrogens is 334 g/mol. The van der Waals surface area contributed by atoms with Gasteiger partial charge in [0, 0.05) is 11.6 Å². The number of halogens is 4. The second-order valence-electron chi connectivity index (χ2n) is 4.53. The number of nitrogens with one attached hydrogen (secondary N) is 1. The summed E-state index contributed by atoms with van der Waals surface area (Å²) in [4.78, 5) is 19.7. The van der Waals surface area contributed by atoms with E-state index in [2.05, 4.69) is 15.3 Å². The lowest BCUT2D eigenvalue weighted by molar-refractivity contribution is -0.136. The molecule has 0 aliphatic carbocycles. The fourth-order valence-corrected chi connectivity index (χ4v) is 2.61. The molecule has 0 aliphatic rings. The molecule has 0 spiro atoms. The molecule has 4 nitrogen and oxygen atoms in total. The third kappa shape index (κ3) is 3.00. The van der Waals surface area contributed by atoms with Crippen molar-refractivity contribution in [3.05, 3.63) is 53.0 Å². The van der Waals surface area contributed by atoms with Crippen LogP contribution in [0.3, 0.4) is 0 Å². The summed E-state index contributed by atoms with van der Waals surface area (Å²) < 4.78 is 53.6. The zero-order valence-corrected chi connectivity index (χ0v) is 12.0. The van der Waals surface area contributed by atoms with Crippen LogP contribution in [0.4, 0.5) is 22.6 Å². The number of anilines is 1. The number of nitrogens with zero attached hydrogens (tertiary/aromatic N) is 2. The van der Waals surface area contributed by atoms with Gasteiger partial charge in [0.1, 0.15) is 10.8 Å². The molecule has 118 valence electrons. The van der Waals surface area contributed by atoms with E-state index in [0.29, 0.717) is 11.1 Å². The molecule has 2 heterocycles. The molecule has 0 saturated carbocycles. The fraction of sp³-hybridized carbons (Fsp3) is 0.0714. The summed E-state index contributed by atoms with van der Waals surface area (Å²) in [6.07, 6.45) is -2.70. The number of fused-ring (bicyclic) bond motifs is 1. The molecule has 0 unspecified atom stereocenters. The van der Waals surface area contributed by atoms with Gasteiger partial charge in [0.2, 0.25) is 0 Å². The topological polar surface area (TPSA) is 54.9 Å². The van der Waals surface area contributed by atoms with Gasteiger partial charge in [0.15, 0.2) is 0 Å². The van der Waals surface area contributed by atoms with Crippen molar-refractivity contribution in [2.24, 2.45) is 0 Å². The van der Waals surface area contributed by atoms with Gasteiger partial charge in [-0.25, -0.2) is 4.39 Å². The van der Waals surface area contributed by atoms with Crippen LogP contribution in [0, 0.1) is 5.82 Å². The molecule has 9 heteroatoms. The lowest BCUT2D eigenvalue weighted by atomic mass is 10.0. The maximum atomic E-state index is 13.4. The first-order valence-electron chi connectivity index (χ1n) is 6.21. The first kappa shape index (κ1) is 15.3. The van der Waals surface area contributed by atoms with E-state index in [0.717, 1.165) is 29.7 Å². The van der Waals surface area contributed by atoms with Crippen molar-refractivity contribution in [2.75, 3.05) is 5.32 Å². The van der Waals surface area contributed by atoms with Crippen molar-refractivity contribution in [2.45, 2.75) is 6.18 Å². The SMILES string of the molecule is O=C(Nc1cncs1)c1cnc2ccc(F)cc2c1C(F)(F)F. The minimum Gasteiger partial charge on any atom is -0.312 e. The van der Waals surface area contributed by atoms with Crippen LogP contribution in [-0.2, 0) is 6.18 Å². The Hall–Kier alpha value is -2.55. The summed E-state index contributed by atoms with van der Waals surface area (Å²) in [6, 6.07) is 2.85. The van der Waals surface area contributed by atoms with E-state index in [1.54, 1.807) is 0 Å². The molecular formula is C14H7F4N3OS. The predicted octanol–water partition coefficient (Wildman–Crippen LogP) is 4.10. The molecule has 23 heavy (non-hydrogen) atoms. The Morgan fingerprint density at radius 2 is 2.00 bits per heavy atom. The summed E-state index contributed by atoms with van der Waals surface area (Å²) >= 11 is 1.06. The Morgan fingerprint density at radius 1 is 1.22 bits per heavy atom. The molecule has 0 saturated heterocycles. The number of amides is 1. The first-order chi connectivity index (χ1) is 10.9. The van der Waals surface area contributed by atoms with E-state index in [9.17, 15) is 22.4 Å². The van der Waals surface area contributed by atoms with Crippen LogP contribution in [0.2, 0.25) is 0 Å². The van der Waals surface area contributed by atoms with Crippen LogP contribution in [0.1, 0.15) is 15.9 Å². The highest BCUT2D eigenvalue weighted by molar-refractivity contribution is 7.14. The number of hydrogen-bond donors (Lipinski definition) is 1. The monoisotopic (exact) mass is 341 g/mol. The van der Waals surface area contributed by atoms with Gasteiger partial charge in [-0.3, -0.25) is 14.8 Å². The molecule has 1 aromatic carbocycles. The molecule has 1 amide bonds. The molecule has 0 atom stereocenters. The van der Waals surface area contributed by atoms with Gasteiger partial charge in [-0.2, -0.15) is 13.2 Å². The van der Waals surface area contributed by atoms with Crippen LogP contribution in [0.5, 0.6) is 0 Å². The van der Waals surface area contributed by atoms with Gasteiger partial charge in [-0.1, -0.05) is 0 Å².